The molecule has 1 aliphatic heterocycles. The topological polar surface area (TPSA) is 119 Å². The molecule has 0 saturated heterocycles. The summed E-state index contributed by atoms with van der Waals surface area (Å²) in [6.45, 7) is 4.66. The molecule has 0 saturated carbocycles. The van der Waals surface area contributed by atoms with E-state index in [4.69, 9.17) is 4.74 Å². The summed E-state index contributed by atoms with van der Waals surface area (Å²) in [4.78, 5) is 54.6. The number of carbonyl (C=O) groups excluding carboxylic acids is 3. The highest BCUT2D eigenvalue weighted by atomic mass is 16.6. The monoisotopic (exact) mass is 479 g/mol. The first kappa shape index (κ1) is 25.9. The molecule has 4 atom stereocenters. The van der Waals surface area contributed by atoms with Crippen LogP contribution in [0.2, 0.25) is 0 Å². The van der Waals surface area contributed by atoms with E-state index in [2.05, 4.69) is 4.99 Å². The van der Waals surface area contributed by atoms with E-state index >= 15 is 0 Å². The molecule has 9 nitrogen and oxygen atoms in total. The lowest BCUT2D eigenvalue weighted by Crippen LogP contribution is -2.45. The molecule has 0 N–H and O–H groups in total. The van der Waals surface area contributed by atoms with Gasteiger partial charge >= 0.3 is 5.97 Å². The first-order chi connectivity index (χ1) is 16.7. The molecule has 9 heteroatoms. The Balaban J connectivity index is 1.82. The van der Waals surface area contributed by atoms with Crippen molar-refractivity contribution >= 4 is 29.4 Å². The zero-order chi connectivity index (χ0) is 25.5. The van der Waals surface area contributed by atoms with Crippen LogP contribution in [0.4, 0.5) is 5.69 Å². The summed E-state index contributed by atoms with van der Waals surface area (Å²) in [6.07, 6.45) is 0.225. The van der Waals surface area contributed by atoms with Crippen LogP contribution in [0.25, 0.3) is 0 Å². The standard InChI is InChI=1S/C26H29N3O6/c1-17-23(22(31)16-30)25(20-10-7-11-21(14-20)29(33)34)24(18(2)27-17)26(32)35-13-12-28(3)15-19-8-5-4-6-9-19/h4-11,14,16-17,23-25H,12-13,15H2,1-3H3. The van der Waals surface area contributed by atoms with E-state index in [-0.39, 0.29) is 18.6 Å². The van der Waals surface area contributed by atoms with Crippen molar-refractivity contribution in [2.45, 2.75) is 32.4 Å². The third kappa shape index (κ3) is 6.24. The maximum absolute atomic E-state index is 13.3. The van der Waals surface area contributed by atoms with Gasteiger partial charge in [0.1, 0.15) is 12.5 Å². The Morgan fingerprint density at radius 3 is 2.54 bits per heavy atom. The quantitative estimate of drug-likeness (QED) is 0.169. The van der Waals surface area contributed by atoms with Crippen molar-refractivity contribution in [1.82, 2.24) is 4.90 Å². The summed E-state index contributed by atoms with van der Waals surface area (Å²) >= 11 is 0. The van der Waals surface area contributed by atoms with E-state index < -0.39 is 40.5 Å². The van der Waals surface area contributed by atoms with Crippen LogP contribution < -0.4 is 0 Å². The van der Waals surface area contributed by atoms with Gasteiger partial charge in [0.15, 0.2) is 6.29 Å². The second kappa shape index (κ2) is 11.6. The van der Waals surface area contributed by atoms with Crippen LogP contribution >= 0.6 is 0 Å². The maximum atomic E-state index is 13.3. The molecular weight excluding hydrogens is 450 g/mol. The fourth-order valence-electron chi connectivity index (χ4n) is 4.67. The summed E-state index contributed by atoms with van der Waals surface area (Å²) in [5.74, 6) is -3.97. The van der Waals surface area contributed by atoms with E-state index in [1.54, 1.807) is 19.9 Å². The number of hydrogen-bond donors (Lipinski definition) is 0. The molecule has 0 fully saturated rings. The van der Waals surface area contributed by atoms with Crippen molar-refractivity contribution in [3.63, 3.8) is 0 Å². The molecule has 184 valence electrons. The molecule has 35 heavy (non-hydrogen) atoms. The Morgan fingerprint density at radius 2 is 1.89 bits per heavy atom. The molecule has 0 radical (unpaired) electrons. The van der Waals surface area contributed by atoms with E-state index in [1.165, 1.54) is 18.2 Å². The van der Waals surface area contributed by atoms with Crippen molar-refractivity contribution < 1.29 is 24.0 Å². The predicted molar refractivity (Wildman–Crippen MR) is 130 cm³/mol. The van der Waals surface area contributed by atoms with Gasteiger partial charge in [0.25, 0.3) is 5.69 Å². The number of nitro benzene ring substituents is 1. The number of nitro groups is 1. The molecule has 2 aromatic rings. The average molecular weight is 480 g/mol. The number of esters is 1. The van der Waals surface area contributed by atoms with Gasteiger partial charge in [-0.15, -0.1) is 0 Å². The lowest BCUT2D eigenvalue weighted by Gasteiger charge is -2.37. The highest BCUT2D eigenvalue weighted by Crippen LogP contribution is 2.41. The number of hydrogen-bond acceptors (Lipinski definition) is 8. The number of carbonyl (C=O) groups is 3. The van der Waals surface area contributed by atoms with E-state index in [0.717, 1.165) is 5.56 Å². The summed E-state index contributed by atoms with van der Waals surface area (Å²) in [5.41, 5.74) is 1.85. The zero-order valence-corrected chi connectivity index (χ0v) is 20.0. The minimum Gasteiger partial charge on any atom is -0.464 e. The normalized spacial score (nSPS) is 21.8. The Morgan fingerprint density at radius 1 is 1.17 bits per heavy atom. The van der Waals surface area contributed by atoms with Gasteiger partial charge in [-0.25, -0.2) is 0 Å². The van der Waals surface area contributed by atoms with Gasteiger partial charge in [-0.05, 0) is 32.0 Å². The summed E-state index contributed by atoms with van der Waals surface area (Å²) in [5, 5.41) is 11.4. The number of rotatable bonds is 10. The highest BCUT2D eigenvalue weighted by molar-refractivity contribution is 6.27. The lowest BCUT2D eigenvalue weighted by atomic mass is 9.68. The van der Waals surface area contributed by atoms with Gasteiger partial charge in [0.05, 0.1) is 16.9 Å². The summed E-state index contributed by atoms with van der Waals surface area (Å²) in [6, 6.07) is 15.1. The van der Waals surface area contributed by atoms with Gasteiger partial charge in [0.2, 0.25) is 5.78 Å². The first-order valence-corrected chi connectivity index (χ1v) is 11.4. The summed E-state index contributed by atoms with van der Waals surface area (Å²) < 4.78 is 5.59. The Kier molecular flexibility index (Phi) is 8.59. The molecule has 0 aliphatic carbocycles. The SMILES string of the molecule is CC1=NC(C)C(C(=O)C=O)C(c2cccc([N+](=O)[O-])c2)C1C(=O)OCCN(C)Cc1ccccc1. The second-order valence-corrected chi connectivity index (χ2v) is 8.80. The molecule has 0 spiro atoms. The van der Waals surface area contributed by atoms with Crippen LogP contribution in [0.15, 0.2) is 59.6 Å². The third-order valence-electron chi connectivity index (χ3n) is 6.30. The van der Waals surface area contributed by atoms with Gasteiger partial charge in [0, 0.05) is 36.9 Å². The number of nitrogens with zero attached hydrogens (tertiary/aromatic N) is 3. The zero-order valence-electron chi connectivity index (χ0n) is 20.0. The molecule has 1 heterocycles. The minimum absolute atomic E-state index is 0.120. The maximum Gasteiger partial charge on any atom is 0.315 e. The molecule has 0 aromatic heterocycles. The number of aldehydes is 1. The Bertz CT molecular complexity index is 1120. The molecule has 0 bridgehead atoms. The number of ether oxygens (including phenoxy) is 1. The number of benzene rings is 2. The van der Waals surface area contributed by atoms with Gasteiger partial charge in [-0.1, -0.05) is 42.5 Å². The average Bonchev–Trinajstić information content (AvgIpc) is 2.83. The summed E-state index contributed by atoms with van der Waals surface area (Å²) in [7, 11) is 1.92. The van der Waals surface area contributed by atoms with E-state index in [9.17, 15) is 24.5 Å². The highest BCUT2D eigenvalue weighted by Gasteiger charge is 2.47. The molecular formula is C26H29N3O6. The van der Waals surface area contributed by atoms with Crippen LogP contribution in [0.3, 0.4) is 0 Å². The molecule has 2 aromatic carbocycles. The van der Waals surface area contributed by atoms with E-state index in [1.807, 2.05) is 42.3 Å². The molecule has 0 amide bonds. The van der Waals surface area contributed by atoms with Crippen molar-refractivity contribution in [2.24, 2.45) is 16.8 Å². The number of Topliss-reactive ketones (excluding diaryl/α,β-unsaturated/α-hetero) is 1. The molecule has 4 unspecified atom stereocenters. The Hall–Kier alpha value is -3.72. The van der Waals surface area contributed by atoms with E-state index in [0.29, 0.717) is 24.4 Å². The van der Waals surface area contributed by atoms with Crippen LogP contribution in [-0.2, 0) is 25.7 Å². The minimum atomic E-state index is -0.943. The third-order valence-corrected chi connectivity index (χ3v) is 6.30. The number of likely N-dealkylation sites (N-methyl/N-ethyl adjacent to an activating group) is 1. The molecule has 3 rings (SSSR count). The van der Waals surface area contributed by atoms with Crippen LogP contribution in [-0.4, -0.2) is 59.8 Å². The van der Waals surface area contributed by atoms with Crippen molar-refractivity contribution in [1.29, 1.82) is 0 Å². The lowest BCUT2D eigenvalue weighted by molar-refractivity contribution is -0.384. The first-order valence-electron chi connectivity index (χ1n) is 11.4. The smallest absolute Gasteiger partial charge is 0.315 e. The number of ketones is 1. The van der Waals surface area contributed by atoms with Crippen molar-refractivity contribution in [3.8, 4) is 0 Å². The van der Waals surface area contributed by atoms with Crippen LogP contribution in [0, 0.1) is 22.0 Å². The largest absolute Gasteiger partial charge is 0.464 e. The fraction of sp³-hybridized carbons (Fsp3) is 0.385. The van der Waals surface area contributed by atoms with Gasteiger partial charge in [-0.3, -0.25) is 34.4 Å². The fourth-order valence-corrected chi connectivity index (χ4v) is 4.67. The number of aliphatic imine (C=N–C) groups is 1. The van der Waals surface area contributed by atoms with Gasteiger partial charge in [-0.2, -0.15) is 0 Å². The van der Waals surface area contributed by atoms with Crippen LogP contribution in [0.5, 0.6) is 0 Å². The predicted octanol–water partition coefficient (Wildman–Crippen LogP) is 3.22. The molecule has 1 aliphatic rings. The Labute approximate surface area is 203 Å². The van der Waals surface area contributed by atoms with Crippen molar-refractivity contribution in [3.05, 3.63) is 75.8 Å². The number of non-ortho nitro benzene ring substituents is 1. The van der Waals surface area contributed by atoms with Crippen molar-refractivity contribution in [2.75, 3.05) is 20.2 Å². The van der Waals surface area contributed by atoms with Crippen LogP contribution in [0.1, 0.15) is 30.9 Å². The second-order valence-electron chi connectivity index (χ2n) is 8.80. The van der Waals surface area contributed by atoms with Gasteiger partial charge < -0.3 is 4.74 Å².